The van der Waals surface area contributed by atoms with Gasteiger partial charge in [-0.3, -0.25) is 4.79 Å². The Balaban J connectivity index is 1.71. The number of nitrogens with one attached hydrogen (secondary N) is 1. The Morgan fingerprint density at radius 1 is 1.23 bits per heavy atom. The fourth-order valence-corrected chi connectivity index (χ4v) is 4.94. The molecule has 3 rings (SSSR count). The first-order valence-electron chi connectivity index (χ1n) is 8.14. The molecule has 1 heterocycles. The molecule has 0 aliphatic carbocycles. The molecule has 3 aromatic rings. The van der Waals surface area contributed by atoms with Crippen molar-refractivity contribution >= 4 is 46.9 Å². The third-order valence-corrected chi connectivity index (χ3v) is 6.23. The van der Waals surface area contributed by atoms with E-state index in [1.165, 1.54) is 28.7 Å². The van der Waals surface area contributed by atoms with Crippen LogP contribution in [-0.4, -0.2) is 20.9 Å². The molecule has 0 aliphatic heterocycles. The van der Waals surface area contributed by atoms with E-state index in [0.717, 1.165) is 21.3 Å². The Bertz CT molecular complexity index is 979. The number of benzene rings is 2. The van der Waals surface area contributed by atoms with Gasteiger partial charge in [-0.25, -0.2) is 4.68 Å². The van der Waals surface area contributed by atoms with Crippen molar-refractivity contribution < 1.29 is 4.79 Å². The highest BCUT2D eigenvalue weighted by atomic mass is 32.2. The summed E-state index contributed by atoms with van der Waals surface area (Å²) in [5.74, 6) is -0.0469. The number of carbonyl (C=O) groups excluding carboxylic acids is 1. The van der Waals surface area contributed by atoms with Crippen molar-refractivity contribution in [3.05, 3.63) is 63.6 Å². The lowest BCUT2D eigenvalue weighted by molar-refractivity contribution is -0.115. The van der Waals surface area contributed by atoms with Crippen LogP contribution in [0.4, 0.5) is 5.69 Å². The van der Waals surface area contributed by atoms with Crippen LogP contribution in [0.25, 0.3) is 5.69 Å². The molecule has 4 nitrogen and oxygen atoms in total. The molecule has 1 unspecified atom stereocenters. The first kappa shape index (κ1) is 18.8. The van der Waals surface area contributed by atoms with Gasteiger partial charge in [-0.2, -0.15) is 0 Å². The summed E-state index contributed by atoms with van der Waals surface area (Å²) in [4.78, 5) is 12.5. The molecule has 7 heteroatoms. The Hall–Kier alpha value is -1.96. The second-order valence-electron chi connectivity index (χ2n) is 5.95. The standard InChI is InChI=1S/C19H19N3OS3/c1-12-9-10-16(13(2)11-12)20-17(23)14(3)25-18-21-22(19(24)26-18)15-7-5-4-6-8-15/h4-11,14H,1-3H3,(H,20,23). The van der Waals surface area contributed by atoms with Crippen LogP contribution in [0.2, 0.25) is 0 Å². The number of para-hydroxylation sites is 1. The van der Waals surface area contributed by atoms with Crippen molar-refractivity contribution in [3.8, 4) is 5.69 Å². The lowest BCUT2D eigenvalue weighted by atomic mass is 10.1. The highest BCUT2D eigenvalue weighted by Crippen LogP contribution is 2.28. The topological polar surface area (TPSA) is 46.9 Å². The van der Waals surface area contributed by atoms with Gasteiger partial charge >= 0.3 is 0 Å². The molecule has 0 saturated carbocycles. The molecule has 0 spiro atoms. The summed E-state index contributed by atoms with van der Waals surface area (Å²) >= 11 is 8.25. The van der Waals surface area contributed by atoms with Crippen LogP contribution in [0.3, 0.4) is 0 Å². The van der Waals surface area contributed by atoms with Crippen LogP contribution in [0.1, 0.15) is 18.1 Å². The summed E-state index contributed by atoms with van der Waals surface area (Å²) in [6, 6.07) is 15.8. The number of anilines is 1. The fraction of sp³-hybridized carbons (Fsp3) is 0.211. The highest BCUT2D eigenvalue weighted by molar-refractivity contribution is 8.02. The van der Waals surface area contributed by atoms with E-state index in [1.807, 2.05) is 63.2 Å². The third kappa shape index (κ3) is 4.41. The Kier molecular flexibility index (Phi) is 5.90. The predicted octanol–water partition coefficient (Wildman–Crippen LogP) is 5.40. The summed E-state index contributed by atoms with van der Waals surface area (Å²) in [7, 11) is 0. The maximum absolute atomic E-state index is 12.5. The van der Waals surface area contributed by atoms with E-state index in [1.54, 1.807) is 4.68 Å². The molecule has 0 bridgehead atoms. The Morgan fingerprint density at radius 3 is 2.65 bits per heavy atom. The van der Waals surface area contributed by atoms with E-state index >= 15 is 0 Å². The maximum Gasteiger partial charge on any atom is 0.237 e. The van der Waals surface area contributed by atoms with Gasteiger partial charge in [0.15, 0.2) is 8.29 Å². The number of aromatic nitrogens is 2. The molecule has 2 aromatic carbocycles. The molecule has 0 fully saturated rings. The second-order valence-corrected chi connectivity index (χ2v) is 9.16. The minimum atomic E-state index is -0.277. The lowest BCUT2D eigenvalue weighted by Gasteiger charge is -2.12. The van der Waals surface area contributed by atoms with Crippen molar-refractivity contribution in [2.45, 2.75) is 30.4 Å². The van der Waals surface area contributed by atoms with Crippen molar-refractivity contribution in [2.24, 2.45) is 0 Å². The Morgan fingerprint density at radius 2 is 1.96 bits per heavy atom. The van der Waals surface area contributed by atoms with Crippen LogP contribution in [0.15, 0.2) is 52.9 Å². The number of aryl methyl sites for hydroxylation is 2. The molecule has 1 amide bonds. The van der Waals surface area contributed by atoms with Crippen LogP contribution in [-0.2, 0) is 4.79 Å². The molecule has 1 atom stereocenters. The minimum Gasteiger partial charge on any atom is -0.325 e. The monoisotopic (exact) mass is 401 g/mol. The van der Waals surface area contributed by atoms with E-state index in [2.05, 4.69) is 16.5 Å². The zero-order chi connectivity index (χ0) is 18.7. The summed E-state index contributed by atoms with van der Waals surface area (Å²) < 4.78 is 3.18. The second kappa shape index (κ2) is 8.16. The van der Waals surface area contributed by atoms with Gasteiger partial charge in [0.1, 0.15) is 0 Å². The summed E-state index contributed by atoms with van der Waals surface area (Å²) in [6.07, 6.45) is 0. The van der Waals surface area contributed by atoms with E-state index in [0.29, 0.717) is 3.95 Å². The van der Waals surface area contributed by atoms with Crippen molar-refractivity contribution in [1.82, 2.24) is 9.78 Å². The van der Waals surface area contributed by atoms with Crippen molar-refractivity contribution in [2.75, 3.05) is 5.32 Å². The molecule has 134 valence electrons. The highest BCUT2D eigenvalue weighted by Gasteiger charge is 2.18. The summed E-state index contributed by atoms with van der Waals surface area (Å²) in [5.41, 5.74) is 4.00. The van der Waals surface area contributed by atoms with Gasteiger partial charge in [-0.15, -0.1) is 5.10 Å². The van der Waals surface area contributed by atoms with E-state index in [-0.39, 0.29) is 11.2 Å². The van der Waals surface area contributed by atoms with Crippen LogP contribution in [0, 0.1) is 17.8 Å². The number of carbonyl (C=O) groups is 1. The number of hydrogen-bond donors (Lipinski definition) is 1. The van der Waals surface area contributed by atoms with E-state index < -0.39 is 0 Å². The normalized spacial score (nSPS) is 12.0. The van der Waals surface area contributed by atoms with Gasteiger partial charge in [0.05, 0.1) is 10.9 Å². The zero-order valence-corrected chi connectivity index (χ0v) is 17.2. The first-order chi connectivity index (χ1) is 12.4. The maximum atomic E-state index is 12.5. The number of thioether (sulfide) groups is 1. The number of rotatable bonds is 5. The average Bonchev–Trinajstić information content (AvgIpc) is 2.98. The van der Waals surface area contributed by atoms with E-state index in [4.69, 9.17) is 12.2 Å². The summed E-state index contributed by atoms with van der Waals surface area (Å²) in [6.45, 7) is 5.91. The molecular formula is C19H19N3OS3. The average molecular weight is 402 g/mol. The van der Waals surface area contributed by atoms with Gasteiger partial charge in [0.2, 0.25) is 5.91 Å². The molecule has 1 N–H and O–H groups in total. The quantitative estimate of drug-likeness (QED) is 0.459. The minimum absolute atomic E-state index is 0.0469. The zero-order valence-electron chi connectivity index (χ0n) is 14.7. The molecule has 26 heavy (non-hydrogen) atoms. The third-order valence-electron chi connectivity index (χ3n) is 3.82. The van der Waals surface area contributed by atoms with E-state index in [9.17, 15) is 4.79 Å². The lowest BCUT2D eigenvalue weighted by Crippen LogP contribution is -2.22. The van der Waals surface area contributed by atoms with Crippen LogP contribution >= 0.6 is 35.3 Å². The van der Waals surface area contributed by atoms with Crippen LogP contribution < -0.4 is 5.32 Å². The van der Waals surface area contributed by atoms with Gasteiger partial charge in [-0.05, 0) is 56.8 Å². The number of hydrogen-bond acceptors (Lipinski definition) is 5. The van der Waals surface area contributed by atoms with Gasteiger partial charge in [-0.1, -0.05) is 59.0 Å². The fourth-order valence-electron chi connectivity index (χ4n) is 2.43. The molecular weight excluding hydrogens is 382 g/mol. The molecule has 1 aromatic heterocycles. The molecule has 0 radical (unpaired) electrons. The largest absolute Gasteiger partial charge is 0.325 e. The van der Waals surface area contributed by atoms with Crippen molar-refractivity contribution in [3.63, 3.8) is 0 Å². The summed E-state index contributed by atoms with van der Waals surface area (Å²) in [5, 5.41) is 7.27. The van der Waals surface area contributed by atoms with Gasteiger partial charge in [0, 0.05) is 5.69 Å². The number of nitrogens with zero attached hydrogens (tertiary/aromatic N) is 2. The molecule has 0 aliphatic rings. The Labute approximate surface area is 166 Å². The predicted molar refractivity (Wildman–Crippen MR) is 112 cm³/mol. The number of amides is 1. The SMILES string of the molecule is Cc1ccc(NC(=O)C(C)Sc2nn(-c3ccccc3)c(=S)s2)c(C)c1. The van der Waals surface area contributed by atoms with Crippen molar-refractivity contribution in [1.29, 1.82) is 0 Å². The van der Waals surface area contributed by atoms with Gasteiger partial charge in [0.25, 0.3) is 0 Å². The first-order valence-corrected chi connectivity index (χ1v) is 10.2. The smallest absolute Gasteiger partial charge is 0.237 e. The molecule has 0 saturated heterocycles. The van der Waals surface area contributed by atoms with Gasteiger partial charge < -0.3 is 5.32 Å². The van der Waals surface area contributed by atoms with Crippen LogP contribution in [0.5, 0.6) is 0 Å².